The molecular weight excluding hydrogens is 374 g/mol. The van der Waals surface area contributed by atoms with E-state index in [1.54, 1.807) is 0 Å². The lowest BCUT2D eigenvalue weighted by atomic mass is 10.1. The topological polar surface area (TPSA) is 56.2 Å². The molecular formula is C25H25N3O2. The van der Waals surface area contributed by atoms with Gasteiger partial charge in [0.15, 0.2) is 0 Å². The first-order chi connectivity index (χ1) is 14.7. The third-order valence-corrected chi connectivity index (χ3v) is 5.08. The number of rotatable bonds is 8. The molecule has 0 aliphatic carbocycles. The number of para-hydroxylation sites is 3. The van der Waals surface area contributed by atoms with E-state index in [0.29, 0.717) is 13.2 Å². The average molecular weight is 399 g/mol. The molecule has 5 heteroatoms. The molecule has 0 aliphatic heterocycles. The van der Waals surface area contributed by atoms with E-state index in [1.165, 1.54) is 0 Å². The van der Waals surface area contributed by atoms with Crippen molar-refractivity contribution < 1.29 is 9.53 Å². The highest BCUT2D eigenvalue weighted by Crippen LogP contribution is 2.17. The maximum Gasteiger partial charge on any atom is 0.240 e. The minimum atomic E-state index is -0.0355. The van der Waals surface area contributed by atoms with Crippen LogP contribution in [0.3, 0.4) is 0 Å². The van der Waals surface area contributed by atoms with E-state index < -0.39 is 0 Å². The van der Waals surface area contributed by atoms with Gasteiger partial charge in [-0.15, -0.1) is 0 Å². The first kappa shape index (κ1) is 19.7. The summed E-state index contributed by atoms with van der Waals surface area (Å²) < 4.78 is 7.87. The number of hydrogen-bond acceptors (Lipinski definition) is 3. The Labute approximate surface area is 176 Å². The highest BCUT2D eigenvalue weighted by molar-refractivity contribution is 5.81. The zero-order valence-electron chi connectivity index (χ0n) is 17.0. The number of nitrogens with zero attached hydrogens (tertiary/aromatic N) is 2. The summed E-state index contributed by atoms with van der Waals surface area (Å²) in [5.41, 5.74) is 4.02. The van der Waals surface area contributed by atoms with E-state index in [-0.39, 0.29) is 12.5 Å². The first-order valence-electron chi connectivity index (χ1n) is 10.2. The summed E-state index contributed by atoms with van der Waals surface area (Å²) in [6, 6.07) is 25.7. The molecule has 1 N–H and O–H groups in total. The summed E-state index contributed by atoms with van der Waals surface area (Å²) in [5, 5.41) is 3.05. The number of hydrogen-bond donors (Lipinski definition) is 1. The molecule has 30 heavy (non-hydrogen) atoms. The average Bonchev–Trinajstić information content (AvgIpc) is 3.15. The minimum absolute atomic E-state index is 0.0355. The van der Waals surface area contributed by atoms with Gasteiger partial charge in [0.05, 0.1) is 11.0 Å². The highest BCUT2D eigenvalue weighted by Gasteiger charge is 2.12. The Morgan fingerprint density at radius 3 is 2.43 bits per heavy atom. The van der Waals surface area contributed by atoms with E-state index in [1.807, 2.05) is 83.4 Å². The second-order valence-corrected chi connectivity index (χ2v) is 7.10. The number of carbonyl (C=O) groups is 1. The molecule has 0 fully saturated rings. The molecule has 3 aromatic carbocycles. The van der Waals surface area contributed by atoms with Gasteiger partial charge in [0, 0.05) is 13.0 Å². The van der Waals surface area contributed by atoms with Gasteiger partial charge in [-0.05, 0) is 35.4 Å². The number of benzene rings is 3. The van der Waals surface area contributed by atoms with Crippen molar-refractivity contribution in [2.75, 3.05) is 0 Å². The van der Waals surface area contributed by atoms with Gasteiger partial charge in [-0.2, -0.15) is 0 Å². The van der Waals surface area contributed by atoms with Crippen LogP contribution in [0.15, 0.2) is 78.9 Å². The molecule has 5 nitrogen and oxygen atoms in total. The van der Waals surface area contributed by atoms with Crippen LogP contribution in [0.4, 0.5) is 0 Å². The van der Waals surface area contributed by atoms with E-state index >= 15 is 0 Å². The number of fused-ring (bicyclic) bond motifs is 1. The van der Waals surface area contributed by atoms with Crippen molar-refractivity contribution in [2.45, 2.75) is 33.0 Å². The molecule has 4 rings (SSSR count). The first-order valence-corrected chi connectivity index (χ1v) is 10.2. The molecule has 152 valence electrons. The van der Waals surface area contributed by atoms with Crippen LogP contribution in [-0.2, 0) is 30.9 Å². The lowest BCUT2D eigenvalue weighted by Gasteiger charge is -2.13. The smallest absolute Gasteiger partial charge is 0.240 e. The van der Waals surface area contributed by atoms with Crippen molar-refractivity contribution in [3.8, 4) is 5.75 Å². The fraction of sp³-hybridized carbons (Fsp3) is 0.200. The minimum Gasteiger partial charge on any atom is -0.489 e. The Bertz CT molecular complexity index is 1140. The van der Waals surface area contributed by atoms with Gasteiger partial charge >= 0.3 is 0 Å². The lowest BCUT2D eigenvalue weighted by Crippen LogP contribution is -2.28. The third-order valence-electron chi connectivity index (χ3n) is 5.08. The zero-order valence-corrected chi connectivity index (χ0v) is 17.0. The molecule has 0 spiro atoms. The van der Waals surface area contributed by atoms with Gasteiger partial charge in [0.25, 0.3) is 0 Å². The van der Waals surface area contributed by atoms with Crippen molar-refractivity contribution in [3.63, 3.8) is 0 Å². The van der Waals surface area contributed by atoms with Crippen LogP contribution < -0.4 is 10.1 Å². The highest BCUT2D eigenvalue weighted by atomic mass is 16.5. The molecule has 4 aromatic rings. The van der Waals surface area contributed by atoms with Crippen molar-refractivity contribution in [1.29, 1.82) is 0 Å². The van der Waals surface area contributed by atoms with Crippen LogP contribution in [0, 0.1) is 0 Å². The van der Waals surface area contributed by atoms with Crippen LogP contribution in [0.2, 0.25) is 0 Å². The second-order valence-electron chi connectivity index (χ2n) is 7.10. The van der Waals surface area contributed by atoms with Gasteiger partial charge < -0.3 is 14.6 Å². The maximum absolute atomic E-state index is 12.7. The van der Waals surface area contributed by atoms with Gasteiger partial charge in [-0.25, -0.2) is 4.98 Å². The van der Waals surface area contributed by atoms with Crippen molar-refractivity contribution in [2.24, 2.45) is 0 Å². The quantitative estimate of drug-likeness (QED) is 0.475. The number of amides is 1. The standard InChI is InChI=1S/C25H25N3O2/c1-2-24-27-22-14-8-9-15-23(22)28(24)17-25(29)26-16-19-10-6-7-11-20(19)18-30-21-12-4-3-5-13-21/h3-15H,2,16-18H2,1H3,(H,26,29). The summed E-state index contributed by atoms with van der Waals surface area (Å²) in [6.07, 6.45) is 0.779. The second kappa shape index (κ2) is 9.27. The van der Waals surface area contributed by atoms with Crippen molar-refractivity contribution in [3.05, 3.63) is 95.8 Å². The zero-order chi connectivity index (χ0) is 20.8. The Kier molecular flexibility index (Phi) is 6.09. The van der Waals surface area contributed by atoms with Crippen LogP contribution in [-0.4, -0.2) is 15.5 Å². The van der Waals surface area contributed by atoms with Gasteiger partial charge in [0.1, 0.15) is 24.7 Å². The SMILES string of the molecule is CCc1nc2ccccc2n1CC(=O)NCc1ccccc1COc1ccccc1. The summed E-state index contributed by atoms with van der Waals surface area (Å²) in [6.45, 7) is 3.23. The summed E-state index contributed by atoms with van der Waals surface area (Å²) in [5.74, 6) is 1.71. The van der Waals surface area contributed by atoms with Crippen LogP contribution in [0.1, 0.15) is 23.9 Å². The number of imidazole rings is 1. The predicted molar refractivity (Wildman–Crippen MR) is 118 cm³/mol. The number of aryl methyl sites for hydroxylation is 1. The van der Waals surface area contributed by atoms with E-state index in [9.17, 15) is 4.79 Å². The van der Waals surface area contributed by atoms with Crippen LogP contribution in [0.25, 0.3) is 11.0 Å². The Hall–Kier alpha value is -3.60. The van der Waals surface area contributed by atoms with Crippen molar-refractivity contribution in [1.82, 2.24) is 14.9 Å². The number of ether oxygens (including phenoxy) is 1. The molecule has 0 radical (unpaired) electrons. The van der Waals surface area contributed by atoms with E-state index in [0.717, 1.165) is 40.2 Å². The monoisotopic (exact) mass is 399 g/mol. The molecule has 0 saturated heterocycles. The van der Waals surface area contributed by atoms with E-state index in [4.69, 9.17) is 4.74 Å². The fourth-order valence-corrected chi connectivity index (χ4v) is 3.51. The lowest BCUT2D eigenvalue weighted by molar-refractivity contribution is -0.121. The Morgan fingerprint density at radius 2 is 1.63 bits per heavy atom. The van der Waals surface area contributed by atoms with Crippen LogP contribution >= 0.6 is 0 Å². The number of aromatic nitrogens is 2. The largest absolute Gasteiger partial charge is 0.489 e. The molecule has 1 amide bonds. The Morgan fingerprint density at radius 1 is 0.933 bits per heavy atom. The molecule has 0 saturated carbocycles. The van der Waals surface area contributed by atoms with Gasteiger partial charge in [0.2, 0.25) is 5.91 Å². The molecule has 0 aliphatic rings. The van der Waals surface area contributed by atoms with Crippen LogP contribution in [0.5, 0.6) is 5.75 Å². The summed E-state index contributed by atoms with van der Waals surface area (Å²) in [7, 11) is 0. The molecule has 0 bridgehead atoms. The molecule has 0 unspecified atom stereocenters. The molecule has 1 aromatic heterocycles. The summed E-state index contributed by atoms with van der Waals surface area (Å²) in [4.78, 5) is 17.3. The molecule has 0 atom stereocenters. The Balaban J connectivity index is 1.41. The normalized spacial score (nSPS) is 10.8. The van der Waals surface area contributed by atoms with Gasteiger partial charge in [-0.1, -0.05) is 61.5 Å². The van der Waals surface area contributed by atoms with Crippen molar-refractivity contribution >= 4 is 16.9 Å². The predicted octanol–water partition coefficient (Wildman–Crippen LogP) is 4.49. The third kappa shape index (κ3) is 4.51. The number of carbonyl (C=O) groups excluding carboxylic acids is 1. The van der Waals surface area contributed by atoms with E-state index in [2.05, 4.69) is 17.2 Å². The van der Waals surface area contributed by atoms with Gasteiger partial charge in [-0.3, -0.25) is 4.79 Å². The maximum atomic E-state index is 12.7. The summed E-state index contributed by atoms with van der Waals surface area (Å²) >= 11 is 0. The molecule has 1 heterocycles. The number of nitrogens with one attached hydrogen (secondary N) is 1. The fourth-order valence-electron chi connectivity index (χ4n) is 3.51.